The zero-order valence-electron chi connectivity index (χ0n) is 19.1. The molecule has 1 aliphatic rings. The Hall–Kier alpha value is -2.72. The van der Waals surface area contributed by atoms with Crippen LogP contribution in [0, 0.1) is 13.8 Å². The molecule has 0 aromatic carbocycles. The molecule has 10 heteroatoms. The number of aryl methyl sites for hydroxylation is 2. The van der Waals surface area contributed by atoms with Gasteiger partial charge in [0.2, 0.25) is 11.1 Å². The molecule has 3 aromatic rings. The lowest BCUT2D eigenvalue weighted by atomic mass is 10.1. The van der Waals surface area contributed by atoms with Crippen molar-refractivity contribution in [2.24, 2.45) is 0 Å². The Morgan fingerprint density at radius 3 is 2.62 bits per heavy atom. The second-order valence-corrected chi connectivity index (χ2v) is 8.99. The van der Waals surface area contributed by atoms with Gasteiger partial charge in [0.05, 0.1) is 18.6 Å². The van der Waals surface area contributed by atoms with Crippen molar-refractivity contribution in [2.75, 3.05) is 24.2 Å². The van der Waals surface area contributed by atoms with E-state index in [1.807, 2.05) is 38.4 Å². The van der Waals surface area contributed by atoms with E-state index in [0.29, 0.717) is 17.5 Å². The summed E-state index contributed by atoms with van der Waals surface area (Å²) in [5.74, 6) is 1.43. The van der Waals surface area contributed by atoms with Gasteiger partial charge in [0, 0.05) is 42.8 Å². The first-order chi connectivity index (χ1) is 15.3. The summed E-state index contributed by atoms with van der Waals surface area (Å²) >= 11 is 1.47. The molecule has 1 N–H and O–H groups in total. The van der Waals surface area contributed by atoms with Crippen LogP contribution in [0.25, 0.3) is 5.78 Å². The summed E-state index contributed by atoms with van der Waals surface area (Å²) in [7, 11) is 0. The second kappa shape index (κ2) is 9.41. The Kier molecular flexibility index (Phi) is 6.61. The molecule has 9 nitrogen and oxygen atoms in total. The lowest BCUT2D eigenvalue weighted by Gasteiger charge is -2.36. The number of aromatic nitrogens is 5. The normalized spacial score (nSPS) is 18.8. The molecule has 32 heavy (non-hydrogen) atoms. The van der Waals surface area contributed by atoms with E-state index in [-0.39, 0.29) is 24.5 Å². The summed E-state index contributed by atoms with van der Waals surface area (Å²) < 4.78 is 7.50. The van der Waals surface area contributed by atoms with E-state index in [1.54, 1.807) is 4.52 Å². The number of hydrogen-bond acceptors (Lipinski definition) is 8. The van der Waals surface area contributed by atoms with Crippen LogP contribution in [0.3, 0.4) is 0 Å². The molecule has 0 radical (unpaired) electrons. The SMILES string of the molecule is CSc1nc2nc(C)c(CC(=O)NCc3ccc(N4CC(C)OC(C)C4)nc3)c(C)n2n1. The minimum absolute atomic E-state index is 0.0672. The van der Waals surface area contributed by atoms with E-state index in [1.165, 1.54) is 11.8 Å². The molecule has 1 saturated heterocycles. The predicted octanol–water partition coefficient (Wildman–Crippen LogP) is 2.33. The number of thioether (sulfide) groups is 1. The number of anilines is 1. The van der Waals surface area contributed by atoms with E-state index in [0.717, 1.165) is 41.4 Å². The van der Waals surface area contributed by atoms with Gasteiger partial charge < -0.3 is 15.0 Å². The zero-order chi connectivity index (χ0) is 22.8. The van der Waals surface area contributed by atoms with Gasteiger partial charge in [-0.3, -0.25) is 4.79 Å². The molecule has 2 atom stereocenters. The maximum atomic E-state index is 12.6. The molecule has 1 aliphatic heterocycles. The molecule has 0 spiro atoms. The van der Waals surface area contributed by atoms with E-state index in [4.69, 9.17) is 4.74 Å². The summed E-state index contributed by atoms with van der Waals surface area (Å²) in [4.78, 5) is 28.4. The maximum Gasteiger partial charge on any atom is 0.253 e. The smallest absolute Gasteiger partial charge is 0.253 e. The average molecular weight is 456 g/mol. The van der Waals surface area contributed by atoms with Crippen LogP contribution in [0.1, 0.15) is 36.4 Å². The lowest BCUT2D eigenvalue weighted by Crippen LogP contribution is -2.45. The van der Waals surface area contributed by atoms with Crippen molar-refractivity contribution in [1.29, 1.82) is 0 Å². The minimum atomic E-state index is -0.0672. The van der Waals surface area contributed by atoms with Crippen molar-refractivity contribution in [3.8, 4) is 0 Å². The average Bonchev–Trinajstić information content (AvgIpc) is 3.18. The Bertz CT molecular complexity index is 1110. The number of hydrogen-bond donors (Lipinski definition) is 1. The van der Waals surface area contributed by atoms with Crippen molar-refractivity contribution in [1.82, 2.24) is 29.9 Å². The topological polar surface area (TPSA) is 97.5 Å². The third kappa shape index (κ3) is 4.86. The number of carbonyl (C=O) groups is 1. The van der Waals surface area contributed by atoms with Crippen molar-refractivity contribution in [3.05, 3.63) is 40.8 Å². The van der Waals surface area contributed by atoms with Crippen molar-refractivity contribution < 1.29 is 9.53 Å². The first-order valence-electron chi connectivity index (χ1n) is 10.7. The number of rotatable bonds is 6. The number of amides is 1. The van der Waals surface area contributed by atoms with Crippen LogP contribution in [0.4, 0.5) is 5.82 Å². The molecule has 4 heterocycles. The highest BCUT2D eigenvalue weighted by Crippen LogP contribution is 2.19. The second-order valence-electron chi connectivity index (χ2n) is 8.21. The van der Waals surface area contributed by atoms with Gasteiger partial charge in [0.25, 0.3) is 5.78 Å². The molecule has 0 aliphatic carbocycles. The van der Waals surface area contributed by atoms with Gasteiger partial charge in [-0.1, -0.05) is 17.8 Å². The van der Waals surface area contributed by atoms with Gasteiger partial charge in [-0.2, -0.15) is 4.98 Å². The number of nitrogens with zero attached hydrogens (tertiary/aromatic N) is 6. The number of fused-ring (bicyclic) bond motifs is 1. The third-order valence-corrected chi connectivity index (χ3v) is 6.13. The zero-order valence-corrected chi connectivity index (χ0v) is 19.9. The van der Waals surface area contributed by atoms with Crippen molar-refractivity contribution in [2.45, 2.75) is 58.0 Å². The molecule has 0 saturated carbocycles. The molecule has 1 fully saturated rings. The van der Waals surface area contributed by atoms with Crippen LogP contribution in [-0.2, 0) is 22.5 Å². The first-order valence-corrected chi connectivity index (χ1v) is 12.0. The van der Waals surface area contributed by atoms with Gasteiger partial charge in [0.1, 0.15) is 5.82 Å². The van der Waals surface area contributed by atoms with Gasteiger partial charge in [-0.05, 0) is 45.6 Å². The van der Waals surface area contributed by atoms with Crippen LogP contribution in [0.15, 0.2) is 23.5 Å². The van der Waals surface area contributed by atoms with E-state index in [2.05, 4.69) is 44.1 Å². The Morgan fingerprint density at radius 1 is 1.22 bits per heavy atom. The Labute approximate surface area is 192 Å². The van der Waals surface area contributed by atoms with E-state index in [9.17, 15) is 4.79 Å². The van der Waals surface area contributed by atoms with Gasteiger partial charge in [-0.15, -0.1) is 5.10 Å². The van der Waals surface area contributed by atoms with Crippen LogP contribution in [-0.4, -0.2) is 62.0 Å². The first kappa shape index (κ1) is 22.5. The Balaban J connectivity index is 1.38. The number of ether oxygens (including phenoxy) is 1. The van der Waals surface area contributed by atoms with Crippen LogP contribution in [0.5, 0.6) is 0 Å². The highest BCUT2D eigenvalue weighted by molar-refractivity contribution is 7.98. The van der Waals surface area contributed by atoms with Gasteiger partial charge in [-0.25, -0.2) is 14.5 Å². The standard InChI is InChI=1S/C22H29N7O2S/c1-13-11-28(12-14(2)31-13)19-7-6-17(9-23-19)10-24-20(30)8-18-15(3)25-21-26-22(32-5)27-29(21)16(18)4/h6-7,9,13-14H,8,10-12H2,1-5H3,(H,24,30). The van der Waals surface area contributed by atoms with Crippen LogP contribution >= 0.6 is 11.8 Å². The summed E-state index contributed by atoms with van der Waals surface area (Å²) in [6.07, 6.45) is 4.36. The number of morpholine rings is 1. The molecule has 2 unspecified atom stereocenters. The highest BCUT2D eigenvalue weighted by atomic mass is 32.2. The quantitative estimate of drug-likeness (QED) is 0.566. The van der Waals surface area contributed by atoms with Crippen LogP contribution in [0.2, 0.25) is 0 Å². The molecule has 0 bridgehead atoms. The molecule has 170 valence electrons. The molecule has 1 amide bonds. The number of nitrogens with one attached hydrogen (secondary N) is 1. The molecule has 4 rings (SSSR count). The maximum absolute atomic E-state index is 12.6. The fraction of sp³-hybridized carbons (Fsp3) is 0.500. The molecular weight excluding hydrogens is 426 g/mol. The van der Waals surface area contributed by atoms with Gasteiger partial charge in [0.15, 0.2) is 0 Å². The fourth-order valence-electron chi connectivity index (χ4n) is 4.03. The summed E-state index contributed by atoms with van der Waals surface area (Å²) in [5.41, 5.74) is 3.51. The largest absolute Gasteiger partial charge is 0.372 e. The van der Waals surface area contributed by atoms with Crippen molar-refractivity contribution >= 4 is 29.3 Å². The predicted molar refractivity (Wildman–Crippen MR) is 124 cm³/mol. The van der Waals surface area contributed by atoms with E-state index >= 15 is 0 Å². The fourth-order valence-corrected chi connectivity index (χ4v) is 4.37. The number of carbonyl (C=O) groups excluding carboxylic acids is 1. The van der Waals surface area contributed by atoms with E-state index < -0.39 is 0 Å². The lowest BCUT2D eigenvalue weighted by molar-refractivity contribution is -0.120. The monoisotopic (exact) mass is 455 g/mol. The third-order valence-electron chi connectivity index (χ3n) is 5.59. The molecule has 3 aromatic heterocycles. The van der Waals surface area contributed by atoms with Gasteiger partial charge >= 0.3 is 0 Å². The summed E-state index contributed by atoms with van der Waals surface area (Å²) in [6, 6.07) is 4.02. The summed E-state index contributed by atoms with van der Waals surface area (Å²) in [5, 5.41) is 8.10. The molecular formula is C22H29N7O2S. The minimum Gasteiger partial charge on any atom is -0.372 e. The highest BCUT2D eigenvalue weighted by Gasteiger charge is 2.23. The van der Waals surface area contributed by atoms with Crippen LogP contribution < -0.4 is 10.2 Å². The summed E-state index contributed by atoms with van der Waals surface area (Å²) in [6.45, 7) is 10.1. The number of pyridine rings is 1. The Morgan fingerprint density at radius 2 is 1.97 bits per heavy atom. The van der Waals surface area contributed by atoms with Crippen molar-refractivity contribution in [3.63, 3.8) is 0 Å².